The molecular formula is C28H32FN3O3. The van der Waals surface area contributed by atoms with Gasteiger partial charge in [-0.05, 0) is 73.2 Å². The van der Waals surface area contributed by atoms with Gasteiger partial charge in [0.15, 0.2) is 5.69 Å². The van der Waals surface area contributed by atoms with Gasteiger partial charge in [-0.15, -0.1) is 0 Å². The molecule has 1 aliphatic heterocycles. The lowest BCUT2D eigenvalue weighted by Gasteiger charge is -2.33. The summed E-state index contributed by atoms with van der Waals surface area (Å²) in [5.41, 5.74) is 3.64. The van der Waals surface area contributed by atoms with Gasteiger partial charge in [0.1, 0.15) is 5.82 Å². The summed E-state index contributed by atoms with van der Waals surface area (Å²) in [5.74, 6) is -0.788. The second kappa shape index (κ2) is 10.0. The van der Waals surface area contributed by atoms with Crippen LogP contribution in [0.15, 0.2) is 54.6 Å². The highest BCUT2D eigenvalue weighted by atomic mass is 19.1. The summed E-state index contributed by atoms with van der Waals surface area (Å²) in [6, 6.07) is 15.7. The highest BCUT2D eigenvalue weighted by Gasteiger charge is 2.28. The van der Waals surface area contributed by atoms with Crippen LogP contribution in [0.25, 0.3) is 11.3 Å². The summed E-state index contributed by atoms with van der Waals surface area (Å²) in [5, 5.41) is 4.56. The number of carbonyl (C=O) groups is 2. The Morgan fingerprint density at radius 2 is 1.66 bits per heavy atom. The fraction of sp³-hybridized carbons (Fsp3) is 0.393. The van der Waals surface area contributed by atoms with Crippen LogP contribution in [-0.2, 0) is 10.2 Å². The Morgan fingerprint density at radius 3 is 2.23 bits per heavy atom. The maximum Gasteiger partial charge on any atom is 0.358 e. The van der Waals surface area contributed by atoms with Crippen LogP contribution in [0.3, 0.4) is 0 Å². The van der Waals surface area contributed by atoms with Crippen molar-refractivity contribution in [3.05, 3.63) is 77.2 Å². The highest BCUT2D eigenvalue weighted by Crippen LogP contribution is 2.31. The molecule has 4 rings (SSSR count). The third kappa shape index (κ3) is 5.45. The minimum Gasteiger partial charge on any atom is -0.461 e. The van der Waals surface area contributed by atoms with E-state index in [1.807, 2.05) is 33.8 Å². The average molecular weight is 478 g/mol. The molecule has 0 aliphatic carbocycles. The summed E-state index contributed by atoms with van der Waals surface area (Å²) in [6.07, 6.45) is 1.40. The number of benzene rings is 2. The van der Waals surface area contributed by atoms with Crippen molar-refractivity contribution >= 4 is 11.9 Å². The van der Waals surface area contributed by atoms with Gasteiger partial charge in [0.05, 0.1) is 18.3 Å². The SMILES string of the molecule is CCOC(=O)c1cc(-c2ccc(F)cc2)n(C2CCN(C(=O)c3ccc(C(C)(C)C)cc3)CC2)n1. The van der Waals surface area contributed by atoms with Gasteiger partial charge < -0.3 is 9.64 Å². The third-order valence-electron chi connectivity index (χ3n) is 6.46. The molecule has 1 aromatic heterocycles. The molecule has 3 aromatic rings. The number of aromatic nitrogens is 2. The van der Waals surface area contributed by atoms with E-state index < -0.39 is 5.97 Å². The standard InChI is InChI=1S/C28H32FN3O3/c1-5-35-27(34)24-18-25(19-8-12-22(29)13-9-19)32(30-24)23-14-16-31(17-15-23)26(33)20-6-10-21(11-7-20)28(2,3)4/h6-13,18,23H,5,14-17H2,1-4H3. The van der Waals surface area contributed by atoms with Gasteiger partial charge in [0, 0.05) is 24.2 Å². The molecule has 7 heteroatoms. The minimum atomic E-state index is -0.485. The van der Waals surface area contributed by atoms with Gasteiger partial charge in [-0.3, -0.25) is 9.48 Å². The van der Waals surface area contributed by atoms with E-state index in [1.165, 1.54) is 17.7 Å². The maximum atomic E-state index is 13.5. The zero-order valence-corrected chi connectivity index (χ0v) is 20.8. The van der Waals surface area contributed by atoms with Crippen molar-refractivity contribution < 1.29 is 18.7 Å². The molecule has 184 valence electrons. The van der Waals surface area contributed by atoms with Crippen molar-refractivity contribution in [2.75, 3.05) is 19.7 Å². The van der Waals surface area contributed by atoms with E-state index in [-0.39, 0.29) is 35.5 Å². The number of hydrogen-bond acceptors (Lipinski definition) is 4. The highest BCUT2D eigenvalue weighted by molar-refractivity contribution is 5.94. The van der Waals surface area contributed by atoms with Crippen molar-refractivity contribution in [1.82, 2.24) is 14.7 Å². The van der Waals surface area contributed by atoms with Crippen molar-refractivity contribution in [1.29, 1.82) is 0 Å². The number of piperidine rings is 1. The van der Waals surface area contributed by atoms with Crippen LogP contribution in [0.2, 0.25) is 0 Å². The Bertz CT molecular complexity index is 1190. The van der Waals surface area contributed by atoms with Gasteiger partial charge in [-0.25, -0.2) is 9.18 Å². The molecule has 2 heterocycles. The lowest BCUT2D eigenvalue weighted by molar-refractivity contribution is 0.0517. The molecule has 0 atom stereocenters. The van der Waals surface area contributed by atoms with Crippen LogP contribution in [0.1, 0.15) is 73.0 Å². The molecule has 0 spiro atoms. The molecule has 1 amide bonds. The smallest absolute Gasteiger partial charge is 0.358 e. The molecule has 0 unspecified atom stereocenters. The van der Waals surface area contributed by atoms with Crippen molar-refractivity contribution in [2.45, 2.75) is 52.0 Å². The molecule has 2 aromatic carbocycles. The predicted molar refractivity (Wildman–Crippen MR) is 133 cm³/mol. The van der Waals surface area contributed by atoms with E-state index >= 15 is 0 Å². The molecule has 0 N–H and O–H groups in total. The Balaban J connectivity index is 1.51. The number of esters is 1. The van der Waals surface area contributed by atoms with Gasteiger partial charge in [0.25, 0.3) is 5.91 Å². The van der Waals surface area contributed by atoms with Crippen molar-refractivity contribution in [3.63, 3.8) is 0 Å². The number of hydrogen-bond donors (Lipinski definition) is 0. The molecule has 1 aliphatic rings. The van der Waals surface area contributed by atoms with Gasteiger partial charge in [0.2, 0.25) is 0 Å². The fourth-order valence-corrected chi connectivity index (χ4v) is 4.42. The molecule has 0 bridgehead atoms. The quantitative estimate of drug-likeness (QED) is 0.446. The Kier molecular flexibility index (Phi) is 7.05. The van der Waals surface area contributed by atoms with Crippen LogP contribution < -0.4 is 0 Å². The van der Waals surface area contributed by atoms with Crippen molar-refractivity contribution in [3.8, 4) is 11.3 Å². The first-order chi connectivity index (χ1) is 16.7. The summed E-state index contributed by atoms with van der Waals surface area (Å²) in [7, 11) is 0. The molecule has 6 nitrogen and oxygen atoms in total. The first kappa shape index (κ1) is 24.6. The first-order valence-electron chi connectivity index (χ1n) is 12.1. The maximum absolute atomic E-state index is 13.5. The van der Waals surface area contributed by atoms with E-state index in [4.69, 9.17) is 4.74 Å². The van der Waals surface area contributed by atoms with Crippen LogP contribution >= 0.6 is 0 Å². The zero-order chi connectivity index (χ0) is 25.2. The summed E-state index contributed by atoms with van der Waals surface area (Å²) < 4.78 is 20.5. The van der Waals surface area contributed by atoms with E-state index in [2.05, 4.69) is 25.9 Å². The zero-order valence-electron chi connectivity index (χ0n) is 20.8. The van der Waals surface area contributed by atoms with E-state index in [1.54, 1.807) is 25.1 Å². The summed E-state index contributed by atoms with van der Waals surface area (Å²) >= 11 is 0. The van der Waals surface area contributed by atoms with Gasteiger partial charge >= 0.3 is 5.97 Å². The fourth-order valence-electron chi connectivity index (χ4n) is 4.42. The number of ether oxygens (including phenoxy) is 1. The monoisotopic (exact) mass is 477 g/mol. The largest absolute Gasteiger partial charge is 0.461 e. The molecular weight excluding hydrogens is 445 g/mol. The number of amides is 1. The lowest BCUT2D eigenvalue weighted by Crippen LogP contribution is -2.39. The minimum absolute atomic E-state index is 0.00514. The molecule has 1 fully saturated rings. The third-order valence-corrected chi connectivity index (χ3v) is 6.46. The number of likely N-dealkylation sites (tertiary alicyclic amines) is 1. The Labute approximate surface area is 205 Å². The van der Waals surface area contributed by atoms with Crippen LogP contribution in [0, 0.1) is 5.82 Å². The van der Waals surface area contributed by atoms with Gasteiger partial charge in [-0.1, -0.05) is 32.9 Å². The molecule has 1 saturated heterocycles. The Morgan fingerprint density at radius 1 is 1.03 bits per heavy atom. The number of carbonyl (C=O) groups excluding carboxylic acids is 2. The van der Waals surface area contributed by atoms with Crippen molar-refractivity contribution in [2.24, 2.45) is 0 Å². The van der Waals surface area contributed by atoms with E-state index in [0.717, 1.165) is 11.3 Å². The van der Waals surface area contributed by atoms with E-state index in [0.29, 0.717) is 31.5 Å². The molecule has 35 heavy (non-hydrogen) atoms. The topological polar surface area (TPSA) is 64.4 Å². The summed E-state index contributed by atoms with van der Waals surface area (Å²) in [4.78, 5) is 27.3. The first-order valence-corrected chi connectivity index (χ1v) is 12.1. The van der Waals surface area contributed by atoms with Crippen LogP contribution in [0.4, 0.5) is 4.39 Å². The number of nitrogens with zero attached hydrogens (tertiary/aromatic N) is 3. The second-order valence-corrected chi connectivity index (χ2v) is 9.94. The van der Waals surface area contributed by atoms with Crippen LogP contribution in [0.5, 0.6) is 0 Å². The van der Waals surface area contributed by atoms with Gasteiger partial charge in [-0.2, -0.15) is 5.10 Å². The normalized spacial score (nSPS) is 14.7. The lowest BCUT2D eigenvalue weighted by atomic mass is 9.86. The average Bonchev–Trinajstić information content (AvgIpc) is 3.29. The van der Waals surface area contributed by atoms with E-state index in [9.17, 15) is 14.0 Å². The van der Waals surface area contributed by atoms with Crippen LogP contribution in [-0.4, -0.2) is 46.3 Å². The predicted octanol–water partition coefficient (Wildman–Crippen LogP) is 5.64. The molecule has 0 radical (unpaired) electrons. The number of halogens is 1. The number of rotatable bonds is 5. The summed E-state index contributed by atoms with van der Waals surface area (Å²) in [6.45, 7) is 9.63. The Hall–Kier alpha value is -3.48. The second-order valence-electron chi connectivity index (χ2n) is 9.94. The molecule has 0 saturated carbocycles.